The van der Waals surface area contributed by atoms with Crippen LogP contribution in [0.3, 0.4) is 0 Å². The summed E-state index contributed by atoms with van der Waals surface area (Å²) in [6.45, 7) is 7.15. The maximum Gasteiger partial charge on any atom is 0.171 e. The van der Waals surface area contributed by atoms with Crippen LogP contribution < -0.4 is 9.47 Å². The molecular weight excluding hydrogens is 204 g/mol. The van der Waals surface area contributed by atoms with E-state index in [-0.39, 0.29) is 0 Å². The molecule has 0 aliphatic carbocycles. The number of hydrogen-bond donors (Lipinski definition) is 0. The van der Waals surface area contributed by atoms with Gasteiger partial charge in [-0.05, 0) is 25.0 Å². The van der Waals surface area contributed by atoms with E-state index in [4.69, 9.17) is 9.47 Å². The van der Waals surface area contributed by atoms with Crippen molar-refractivity contribution in [3.05, 3.63) is 23.8 Å². The molecule has 0 atom stereocenters. The molecule has 16 heavy (non-hydrogen) atoms. The second kappa shape index (κ2) is 6.16. The minimum Gasteiger partial charge on any atom is -0.490 e. The summed E-state index contributed by atoms with van der Waals surface area (Å²) in [7, 11) is 0. The Kier molecular flexibility index (Phi) is 4.83. The summed E-state index contributed by atoms with van der Waals surface area (Å²) in [5.41, 5.74) is 0.534. The summed E-state index contributed by atoms with van der Waals surface area (Å²) in [5.74, 6) is 1.59. The molecule has 0 aliphatic rings. The van der Waals surface area contributed by atoms with Gasteiger partial charge in [0.1, 0.15) is 0 Å². The molecule has 1 aromatic carbocycles. The topological polar surface area (TPSA) is 35.5 Å². The highest BCUT2D eigenvalue weighted by atomic mass is 16.5. The molecule has 0 heterocycles. The van der Waals surface area contributed by atoms with Crippen molar-refractivity contribution in [2.24, 2.45) is 5.92 Å². The molecule has 3 heteroatoms. The molecule has 0 radical (unpaired) electrons. The van der Waals surface area contributed by atoms with Crippen LogP contribution in [0.5, 0.6) is 11.5 Å². The summed E-state index contributed by atoms with van der Waals surface area (Å²) in [6, 6.07) is 5.33. The standard InChI is InChI=1S/C13H18O3/c1-4-15-12-7-5-6-11(8-14)13(12)16-9-10(2)3/h5-8,10H,4,9H2,1-3H3. The number of rotatable bonds is 6. The molecule has 0 unspecified atom stereocenters. The fourth-order valence-corrected chi connectivity index (χ4v) is 1.30. The van der Waals surface area contributed by atoms with Crippen molar-refractivity contribution in [3.63, 3.8) is 0 Å². The van der Waals surface area contributed by atoms with Gasteiger partial charge < -0.3 is 9.47 Å². The van der Waals surface area contributed by atoms with E-state index in [1.165, 1.54) is 0 Å². The van der Waals surface area contributed by atoms with Crippen LogP contribution in [-0.4, -0.2) is 19.5 Å². The quantitative estimate of drug-likeness (QED) is 0.694. The highest BCUT2D eigenvalue weighted by Gasteiger charge is 2.10. The molecule has 88 valence electrons. The van der Waals surface area contributed by atoms with Gasteiger partial charge in [-0.3, -0.25) is 4.79 Å². The molecule has 1 aromatic rings. The number of benzene rings is 1. The van der Waals surface area contributed by atoms with Crippen LogP contribution in [0.25, 0.3) is 0 Å². The van der Waals surface area contributed by atoms with Crippen LogP contribution in [0, 0.1) is 5.92 Å². The zero-order valence-corrected chi connectivity index (χ0v) is 10.0. The third-order valence-corrected chi connectivity index (χ3v) is 2.00. The molecule has 3 nitrogen and oxygen atoms in total. The Labute approximate surface area is 96.4 Å². The third-order valence-electron chi connectivity index (χ3n) is 2.00. The molecule has 0 N–H and O–H groups in total. The van der Waals surface area contributed by atoms with Crippen molar-refractivity contribution in [2.45, 2.75) is 20.8 Å². The van der Waals surface area contributed by atoms with Gasteiger partial charge in [0, 0.05) is 0 Å². The number of carbonyl (C=O) groups is 1. The van der Waals surface area contributed by atoms with E-state index in [9.17, 15) is 4.79 Å². The van der Waals surface area contributed by atoms with E-state index in [2.05, 4.69) is 13.8 Å². The molecule has 0 saturated carbocycles. The maximum absolute atomic E-state index is 10.9. The van der Waals surface area contributed by atoms with E-state index >= 15 is 0 Å². The normalized spacial score (nSPS) is 10.2. The maximum atomic E-state index is 10.9. The highest BCUT2D eigenvalue weighted by molar-refractivity contribution is 5.81. The fraction of sp³-hybridized carbons (Fsp3) is 0.462. The summed E-state index contributed by atoms with van der Waals surface area (Å²) < 4.78 is 11.0. The van der Waals surface area contributed by atoms with Crippen molar-refractivity contribution in [1.82, 2.24) is 0 Å². The Morgan fingerprint density at radius 2 is 2.06 bits per heavy atom. The Morgan fingerprint density at radius 3 is 2.62 bits per heavy atom. The summed E-state index contributed by atoms with van der Waals surface area (Å²) in [6.07, 6.45) is 0.790. The van der Waals surface area contributed by atoms with Crippen LogP contribution in [0.2, 0.25) is 0 Å². The lowest BCUT2D eigenvalue weighted by Gasteiger charge is -2.14. The molecular formula is C13H18O3. The van der Waals surface area contributed by atoms with Crippen LogP contribution in [-0.2, 0) is 0 Å². The molecule has 0 fully saturated rings. The van der Waals surface area contributed by atoms with Crippen molar-refractivity contribution in [1.29, 1.82) is 0 Å². The Bertz CT molecular complexity index is 345. The van der Waals surface area contributed by atoms with Crippen molar-refractivity contribution in [3.8, 4) is 11.5 Å². The predicted octanol–water partition coefficient (Wildman–Crippen LogP) is 2.93. The van der Waals surface area contributed by atoms with E-state index in [1.807, 2.05) is 13.0 Å². The molecule has 1 rings (SSSR count). The van der Waals surface area contributed by atoms with Crippen LogP contribution in [0.15, 0.2) is 18.2 Å². The van der Waals surface area contributed by atoms with E-state index in [0.717, 1.165) is 6.29 Å². The zero-order valence-electron chi connectivity index (χ0n) is 10.0. The van der Waals surface area contributed by atoms with Gasteiger partial charge >= 0.3 is 0 Å². The second-order valence-electron chi connectivity index (χ2n) is 3.93. The molecule has 0 spiro atoms. The molecule has 0 bridgehead atoms. The Morgan fingerprint density at radius 1 is 1.31 bits per heavy atom. The van der Waals surface area contributed by atoms with E-state index in [0.29, 0.717) is 36.2 Å². The minimum atomic E-state index is 0.411. The monoisotopic (exact) mass is 222 g/mol. The van der Waals surface area contributed by atoms with Crippen LogP contribution in [0.1, 0.15) is 31.1 Å². The van der Waals surface area contributed by atoms with Gasteiger partial charge in [-0.1, -0.05) is 19.9 Å². The Hall–Kier alpha value is -1.51. The lowest BCUT2D eigenvalue weighted by molar-refractivity contribution is 0.111. The van der Waals surface area contributed by atoms with Crippen LogP contribution in [0.4, 0.5) is 0 Å². The fourth-order valence-electron chi connectivity index (χ4n) is 1.30. The van der Waals surface area contributed by atoms with Gasteiger partial charge in [0.05, 0.1) is 18.8 Å². The third kappa shape index (κ3) is 3.26. The SMILES string of the molecule is CCOc1cccc(C=O)c1OCC(C)C. The number of hydrogen-bond acceptors (Lipinski definition) is 3. The van der Waals surface area contributed by atoms with Gasteiger partial charge in [0.25, 0.3) is 0 Å². The van der Waals surface area contributed by atoms with Crippen molar-refractivity contribution in [2.75, 3.05) is 13.2 Å². The summed E-state index contributed by atoms with van der Waals surface area (Å²) in [5, 5.41) is 0. The summed E-state index contributed by atoms with van der Waals surface area (Å²) >= 11 is 0. The first-order valence-electron chi connectivity index (χ1n) is 5.52. The smallest absolute Gasteiger partial charge is 0.171 e. The number of carbonyl (C=O) groups excluding carboxylic acids is 1. The van der Waals surface area contributed by atoms with Crippen LogP contribution >= 0.6 is 0 Å². The van der Waals surface area contributed by atoms with Gasteiger partial charge in [-0.25, -0.2) is 0 Å². The first-order valence-corrected chi connectivity index (χ1v) is 5.52. The van der Waals surface area contributed by atoms with Gasteiger partial charge in [0.2, 0.25) is 0 Å². The van der Waals surface area contributed by atoms with Crippen molar-refractivity contribution >= 4 is 6.29 Å². The average molecular weight is 222 g/mol. The van der Waals surface area contributed by atoms with Crippen molar-refractivity contribution < 1.29 is 14.3 Å². The zero-order chi connectivity index (χ0) is 12.0. The lowest BCUT2D eigenvalue weighted by Crippen LogP contribution is -2.07. The number of ether oxygens (including phenoxy) is 2. The largest absolute Gasteiger partial charge is 0.490 e. The molecule has 0 aromatic heterocycles. The summed E-state index contributed by atoms with van der Waals surface area (Å²) in [4.78, 5) is 10.9. The molecule has 0 amide bonds. The van der Waals surface area contributed by atoms with E-state index in [1.54, 1.807) is 12.1 Å². The molecule has 0 aliphatic heterocycles. The minimum absolute atomic E-state index is 0.411. The number of para-hydroxylation sites is 1. The second-order valence-corrected chi connectivity index (χ2v) is 3.93. The number of aldehydes is 1. The van der Waals surface area contributed by atoms with Gasteiger partial charge in [-0.15, -0.1) is 0 Å². The highest BCUT2D eigenvalue weighted by Crippen LogP contribution is 2.30. The van der Waals surface area contributed by atoms with Gasteiger partial charge in [-0.2, -0.15) is 0 Å². The first kappa shape index (κ1) is 12.6. The van der Waals surface area contributed by atoms with E-state index < -0.39 is 0 Å². The average Bonchev–Trinajstić information content (AvgIpc) is 2.27. The predicted molar refractivity (Wildman–Crippen MR) is 63.3 cm³/mol. The first-order chi connectivity index (χ1) is 7.69. The lowest BCUT2D eigenvalue weighted by atomic mass is 10.2. The Balaban J connectivity index is 2.94. The van der Waals surface area contributed by atoms with Gasteiger partial charge in [0.15, 0.2) is 17.8 Å². The molecule has 0 saturated heterocycles.